The highest BCUT2D eigenvalue weighted by Gasteiger charge is 2.17. The van der Waals surface area contributed by atoms with Crippen molar-refractivity contribution < 1.29 is 14.3 Å². The number of hydrogen-bond acceptors (Lipinski definition) is 5. The number of carbonyl (C=O) groups is 2. The molecule has 0 heterocycles. The van der Waals surface area contributed by atoms with Gasteiger partial charge in [-0.3, -0.25) is 9.59 Å². The summed E-state index contributed by atoms with van der Waals surface area (Å²) in [6, 6.07) is 18.9. The second kappa shape index (κ2) is 10.2. The summed E-state index contributed by atoms with van der Waals surface area (Å²) in [5.74, 6) is -1.44. The van der Waals surface area contributed by atoms with Gasteiger partial charge in [0.05, 0.1) is 0 Å². The summed E-state index contributed by atoms with van der Waals surface area (Å²) in [5.41, 5.74) is 1.90. The minimum Gasteiger partial charge on any atom is -0.391 e. The van der Waals surface area contributed by atoms with Crippen molar-refractivity contribution in [2.75, 3.05) is 13.1 Å². The van der Waals surface area contributed by atoms with Crippen LogP contribution in [0.1, 0.15) is 11.1 Å². The summed E-state index contributed by atoms with van der Waals surface area (Å²) < 4.78 is 7.25. The van der Waals surface area contributed by atoms with Gasteiger partial charge in [0.1, 0.15) is 13.1 Å². The largest absolute Gasteiger partial charge is 0.391 e. The van der Waals surface area contributed by atoms with E-state index in [0.717, 1.165) is 11.1 Å². The van der Waals surface area contributed by atoms with E-state index < -0.39 is 11.9 Å². The van der Waals surface area contributed by atoms with Crippen LogP contribution in [0.2, 0.25) is 0 Å². The predicted octanol–water partition coefficient (Wildman–Crippen LogP) is 3.37. The van der Waals surface area contributed by atoms with Gasteiger partial charge in [0.25, 0.3) is 0 Å². The molecule has 5 nitrogen and oxygen atoms in total. The van der Waals surface area contributed by atoms with Crippen LogP contribution in [-0.2, 0) is 27.4 Å². The van der Waals surface area contributed by atoms with Crippen molar-refractivity contribution >= 4 is 35.5 Å². The lowest BCUT2D eigenvalue weighted by Gasteiger charge is -2.14. The van der Waals surface area contributed by atoms with Crippen molar-refractivity contribution in [1.29, 1.82) is 0 Å². The van der Waals surface area contributed by atoms with Crippen LogP contribution in [0.3, 0.4) is 0 Å². The molecule has 0 aromatic heterocycles. The minimum atomic E-state index is -0.722. The maximum absolute atomic E-state index is 11.8. The number of benzene rings is 2. The van der Waals surface area contributed by atoms with Crippen molar-refractivity contribution in [3.8, 4) is 0 Å². The van der Waals surface area contributed by atoms with Crippen molar-refractivity contribution in [3.05, 3.63) is 71.8 Å². The fraction of sp³-hybridized carbons (Fsp3) is 0.222. The molecule has 0 unspecified atom stereocenters. The van der Waals surface area contributed by atoms with Gasteiger partial charge in [-0.15, -0.1) is 0 Å². The SMILES string of the molecule is O=C(CN(Cl)Cc1ccccc1)OC(=O)CN(Cl)Cc1ccccc1. The third-order valence-corrected chi connectivity index (χ3v) is 3.70. The molecule has 25 heavy (non-hydrogen) atoms. The minimum absolute atomic E-state index is 0.205. The molecule has 0 aliphatic carbocycles. The Morgan fingerprint density at radius 2 is 1.08 bits per heavy atom. The highest BCUT2D eigenvalue weighted by Crippen LogP contribution is 2.08. The summed E-state index contributed by atoms with van der Waals surface area (Å²) in [6.45, 7) is 0.314. The van der Waals surface area contributed by atoms with Crippen molar-refractivity contribution in [2.24, 2.45) is 0 Å². The summed E-state index contributed by atoms with van der Waals surface area (Å²) in [7, 11) is 0. The van der Waals surface area contributed by atoms with Gasteiger partial charge in [0.2, 0.25) is 0 Å². The Hall–Kier alpha value is -1.92. The van der Waals surface area contributed by atoms with Crippen molar-refractivity contribution in [3.63, 3.8) is 0 Å². The fourth-order valence-electron chi connectivity index (χ4n) is 2.15. The topological polar surface area (TPSA) is 49.9 Å². The number of carbonyl (C=O) groups excluding carboxylic acids is 2. The number of hydrogen-bond donors (Lipinski definition) is 0. The molecule has 7 heteroatoms. The Morgan fingerprint density at radius 1 is 0.720 bits per heavy atom. The van der Waals surface area contributed by atoms with E-state index in [1.165, 1.54) is 8.84 Å². The molecule has 2 aromatic rings. The summed E-state index contributed by atoms with van der Waals surface area (Å²) in [6.07, 6.45) is 0. The second-order valence-corrected chi connectivity index (χ2v) is 6.33. The van der Waals surface area contributed by atoms with Crippen molar-refractivity contribution in [1.82, 2.24) is 8.84 Å². The van der Waals surface area contributed by atoms with E-state index in [4.69, 9.17) is 28.3 Å². The van der Waals surface area contributed by atoms with Crippen LogP contribution in [0.4, 0.5) is 0 Å². The van der Waals surface area contributed by atoms with E-state index in [1.807, 2.05) is 60.7 Å². The summed E-state index contributed by atoms with van der Waals surface area (Å²) >= 11 is 12.0. The number of ether oxygens (including phenoxy) is 1. The summed E-state index contributed by atoms with van der Waals surface area (Å²) in [4.78, 5) is 23.5. The third-order valence-electron chi connectivity index (χ3n) is 3.22. The van der Waals surface area contributed by atoms with Gasteiger partial charge in [-0.1, -0.05) is 60.7 Å². The average Bonchev–Trinajstić information content (AvgIpc) is 2.55. The Balaban J connectivity index is 1.71. The zero-order chi connectivity index (χ0) is 18.1. The highest BCUT2D eigenvalue weighted by atomic mass is 35.5. The molecule has 0 spiro atoms. The highest BCUT2D eigenvalue weighted by molar-refractivity contribution is 6.15. The molecule has 0 amide bonds. The van der Waals surface area contributed by atoms with Gasteiger partial charge in [-0.05, 0) is 34.7 Å². The van der Waals surface area contributed by atoms with E-state index in [1.54, 1.807) is 0 Å². The molecule has 132 valence electrons. The van der Waals surface area contributed by atoms with E-state index in [9.17, 15) is 9.59 Å². The molecule has 0 saturated carbocycles. The van der Waals surface area contributed by atoms with Gasteiger partial charge in [0, 0.05) is 13.1 Å². The van der Waals surface area contributed by atoms with Crippen LogP contribution in [-0.4, -0.2) is 33.9 Å². The second-order valence-electron chi connectivity index (χ2n) is 5.38. The fourth-order valence-corrected chi connectivity index (χ4v) is 2.62. The molecule has 2 aromatic carbocycles. The molecule has 0 radical (unpaired) electrons. The lowest BCUT2D eigenvalue weighted by Crippen LogP contribution is -2.29. The van der Waals surface area contributed by atoms with Crippen molar-refractivity contribution in [2.45, 2.75) is 13.1 Å². The monoisotopic (exact) mass is 380 g/mol. The molecule has 0 aliphatic rings. The predicted molar refractivity (Wildman–Crippen MR) is 96.5 cm³/mol. The molecule has 0 fully saturated rings. The molecule has 2 rings (SSSR count). The van der Waals surface area contributed by atoms with Gasteiger partial charge in [-0.2, -0.15) is 0 Å². The zero-order valence-corrected chi connectivity index (χ0v) is 15.0. The van der Waals surface area contributed by atoms with Crippen LogP contribution in [0.5, 0.6) is 0 Å². The van der Waals surface area contributed by atoms with E-state index >= 15 is 0 Å². The molecule has 0 N–H and O–H groups in total. The molecular formula is C18H18Cl2N2O3. The first-order valence-electron chi connectivity index (χ1n) is 7.66. The van der Waals surface area contributed by atoms with Gasteiger partial charge in [0.15, 0.2) is 0 Å². The number of rotatable bonds is 8. The number of esters is 2. The lowest BCUT2D eigenvalue weighted by molar-refractivity contribution is -0.159. The Bertz CT molecular complexity index is 624. The maximum Gasteiger partial charge on any atom is 0.329 e. The van der Waals surface area contributed by atoms with E-state index in [0.29, 0.717) is 13.1 Å². The van der Waals surface area contributed by atoms with E-state index in [2.05, 4.69) is 0 Å². The Morgan fingerprint density at radius 3 is 1.44 bits per heavy atom. The molecule has 0 atom stereocenters. The first-order valence-corrected chi connectivity index (χ1v) is 8.33. The first kappa shape index (κ1) is 19.4. The Labute approximate surface area is 156 Å². The average molecular weight is 381 g/mol. The van der Waals surface area contributed by atoms with Gasteiger partial charge >= 0.3 is 11.9 Å². The number of nitrogens with zero attached hydrogens (tertiary/aromatic N) is 2. The zero-order valence-electron chi connectivity index (χ0n) is 13.5. The van der Waals surface area contributed by atoms with Crippen LogP contribution in [0.25, 0.3) is 0 Å². The smallest absolute Gasteiger partial charge is 0.329 e. The van der Waals surface area contributed by atoms with Crippen LogP contribution < -0.4 is 0 Å². The van der Waals surface area contributed by atoms with Crippen LogP contribution in [0, 0.1) is 0 Å². The third kappa shape index (κ3) is 7.67. The molecule has 0 bridgehead atoms. The van der Waals surface area contributed by atoms with Gasteiger partial charge < -0.3 is 4.74 Å². The number of halogens is 2. The Kier molecular flexibility index (Phi) is 7.88. The van der Waals surface area contributed by atoms with Gasteiger partial charge in [-0.25, -0.2) is 8.84 Å². The van der Waals surface area contributed by atoms with E-state index in [-0.39, 0.29) is 13.1 Å². The first-order chi connectivity index (χ1) is 12.0. The molecule has 0 saturated heterocycles. The maximum atomic E-state index is 11.8. The normalized spacial score (nSPS) is 10.9. The molecule has 0 aliphatic heterocycles. The van der Waals surface area contributed by atoms with Crippen LogP contribution in [0.15, 0.2) is 60.7 Å². The lowest BCUT2D eigenvalue weighted by atomic mass is 10.2. The summed E-state index contributed by atoms with van der Waals surface area (Å²) in [5, 5.41) is 0. The molecular weight excluding hydrogens is 363 g/mol. The van der Waals surface area contributed by atoms with Crippen LogP contribution >= 0.6 is 23.6 Å². The standard InChI is InChI=1S/C18H18Cl2N2O3/c19-21(11-15-7-3-1-4-8-15)13-17(23)25-18(24)14-22(20)12-16-9-5-2-6-10-16/h1-10H,11-14H2. The quantitative estimate of drug-likeness (QED) is 0.399.